The molecule has 0 radical (unpaired) electrons. The zero-order valence-electron chi connectivity index (χ0n) is 35.9. The SMILES string of the molecule is CNC1CCN(c2cc(=O)c3nc4c(oc3c2)c2c(=O)c3c(O)c(C)c5c(c34)=C(O)[C@@](C)(O/C=C/[C@H](OC)[C@@H](C)[C@@H](O)[C@H](O)C[C@H](C)C[C@@H](C)/C=C/C=C(/C)C(=O)N2)O5)CC1. The number of piperidine rings is 1. The topological polar surface area (TPSA) is 213 Å². The van der Waals surface area contributed by atoms with Crippen molar-refractivity contribution >= 4 is 56.0 Å². The second-order valence-electron chi connectivity index (χ2n) is 17.1. The second kappa shape index (κ2) is 17.1. The summed E-state index contributed by atoms with van der Waals surface area (Å²) in [4.78, 5) is 49.4. The Bertz CT molecular complexity index is 2650. The fourth-order valence-electron chi connectivity index (χ4n) is 8.87. The minimum absolute atomic E-state index is 0.0184. The third-order valence-corrected chi connectivity index (χ3v) is 12.6. The second-order valence-corrected chi connectivity index (χ2v) is 17.1. The van der Waals surface area contributed by atoms with Gasteiger partial charge in [0.1, 0.15) is 22.7 Å². The summed E-state index contributed by atoms with van der Waals surface area (Å²) in [5, 5.41) is 51.6. The number of benzene rings is 3. The predicted molar refractivity (Wildman–Crippen MR) is 234 cm³/mol. The van der Waals surface area contributed by atoms with E-state index in [9.17, 15) is 34.8 Å². The number of allylic oxidation sites excluding steroid dienone is 3. The van der Waals surface area contributed by atoms with Crippen LogP contribution in [0.25, 0.3) is 38.7 Å². The zero-order valence-corrected chi connectivity index (χ0v) is 35.9. The van der Waals surface area contributed by atoms with Crippen LogP contribution in [0.5, 0.6) is 11.5 Å². The van der Waals surface area contributed by atoms with E-state index >= 15 is 0 Å². The normalized spacial score (nSPS) is 29.1. The summed E-state index contributed by atoms with van der Waals surface area (Å²) >= 11 is 0. The first kappa shape index (κ1) is 43.6. The lowest BCUT2D eigenvalue weighted by atomic mass is 9.86. The van der Waals surface area contributed by atoms with Crippen LogP contribution >= 0.6 is 0 Å². The standard InChI is InChI=1S/C46H56N4O11/c1-22-10-9-11-24(3)45(57)49-38-41(55)34-33(37-43(38)60-32-21-28(20-29(51)36(32)48-37)50-15-12-27(47-7)13-16-50)35-42(26(5)40(34)54)61-46(6,44(35)56)59-17-14-31(58-8)25(4)39(53)30(52)19-23(2)18-22/h9-11,14,17,20-23,25,27,30-31,39,47,52-54,56H,12-13,15-16,18-19H2,1-8H3,(H,49,57)/b10-9+,17-14+,24-11-/t22-,23+,25+,30+,31-,39+,46-/m0/s1. The fraction of sp³-hybridized carbons (Fsp3) is 0.478. The Labute approximate surface area is 353 Å². The molecule has 61 heavy (non-hydrogen) atoms. The van der Waals surface area contributed by atoms with Crippen LogP contribution < -0.4 is 36.3 Å². The van der Waals surface area contributed by atoms with E-state index in [4.69, 9.17) is 23.6 Å². The minimum atomic E-state index is -1.92. The molecule has 3 aliphatic rings. The van der Waals surface area contributed by atoms with E-state index in [2.05, 4.69) is 15.5 Å². The first-order valence-corrected chi connectivity index (χ1v) is 20.9. The van der Waals surface area contributed by atoms with Crippen molar-refractivity contribution in [2.24, 2.45) is 17.8 Å². The lowest BCUT2D eigenvalue weighted by molar-refractivity contribution is -0.112. The Morgan fingerprint density at radius 3 is 2.41 bits per heavy atom. The maximum Gasteiger partial charge on any atom is 0.307 e. The van der Waals surface area contributed by atoms with E-state index in [1.54, 1.807) is 32.1 Å². The summed E-state index contributed by atoms with van der Waals surface area (Å²) in [6.45, 7) is 11.7. The summed E-state index contributed by atoms with van der Waals surface area (Å²) < 4.78 is 24.4. The highest BCUT2D eigenvalue weighted by Gasteiger charge is 2.43. The number of anilines is 2. The van der Waals surface area contributed by atoms with Gasteiger partial charge in [0.15, 0.2) is 22.4 Å². The number of nitrogens with one attached hydrogen (secondary N) is 2. The van der Waals surface area contributed by atoms with Crippen molar-refractivity contribution in [3.8, 4) is 11.5 Å². The molecule has 0 aliphatic carbocycles. The van der Waals surface area contributed by atoms with Crippen molar-refractivity contribution in [2.75, 3.05) is 37.5 Å². The Kier molecular flexibility index (Phi) is 12.2. The molecule has 3 aromatic carbocycles. The average Bonchev–Trinajstić information content (AvgIpc) is 3.50. The molecule has 5 bridgehead atoms. The van der Waals surface area contributed by atoms with Crippen LogP contribution in [0.3, 0.4) is 0 Å². The molecule has 7 rings (SSSR count). The van der Waals surface area contributed by atoms with Crippen LogP contribution in [0.2, 0.25) is 0 Å². The van der Waals surface area contributed by atoms with Gasteiger partial charge >= 0.3 is 5.79 Å². The molecule has 0 spiro atoms. The monoisotopic (exact) mass is 840 g/mol. The molecule has 15 nitrogen and oxygen atoms in total. The maximum atomic E-state index is 14.8. The molecule has 1 saturated heterocycles. The number of carbonyl (C=O) groups is 1. The van der Waals surface area contributed by atoms with Crippen LogP contribution in [0.1, 0.15) is 65.9 Å². The van der Waals surface area contributed by atoms with Gasteiger partial charge in [-0.3, -0.25) is 14.4 Å². The van der Waals surface area contributed by atoms with E-state index in [0.29, 0.717) is 37.7 Å². The molecule has 326 valence electrons. The van der Waals surface area contributed by atoms with Gasteiger partial charge in [0.2, 0.25) is 10.9 Å². The van der Waals surface area contributed by atoms with Crippen LogP contribution in [-0.4, -0.2) is 88.7 Å². The Hall–Kier alpha value is -5.48. The van der Waals surface area contributed by atoms with Crippen LogP contribution in [0, 0.1) is 24.7 Å². The number of rotatable bonds is 3. The Balaban J connectivity index is 1.48. The van der Waals surface area contributed by atoms with Crippen LogP contribution in [0.15, 0.2) is 62.3 Å². The first-order valence-electron chi connectivity index (χ1n) is 20.9. The number of ether oxygens (including phenoxy) is 3. The van der Waals surface area contributed by atoms with E-state index in [1.807, 2.05) is 27.0 Å². The number of phenols is 1. The molecule has 0 unspecified atom stereocenters. The van der Waals surface area contributed by atoms with E-state index in [-0.39, 0.29) is 72.6 Å². The number of methoxy groups -OCH3 is 1. The number of aromatic nitrogens is 1. The molecule has 1 aromatic heterocycles. The number of carbonyl (C=O) groups excluding carboxylic acids is 1. The van der Waals surface area contributed by atoms with Crippen LogP contribution in [0.4, 0.5) is 11.4 Å². The van der Waals surface area contributed by atoms with E-state index in [0.717, 1.165) is 12.8 Å². The van der Waals surface area contributed by atoms with Gasteiger partial charge in [0.05, 0.1) is 35.2 Å². The molecule has 4 heterocycles. The summed E-state index contributed by atoms with van der Waals surface area (Å²) in [6, 6.07) is 3.53. The molecular formula is C46H56N4O11. The lowest BCUT2D eigenvalue weighted by Gasteiger charge is -2.33. The number of aromatic hydroxyl groups is 1. The number of amides is 1. The van der Waals surface area contributed by atoms with Gasteiger partial charge in [0, 0.05) is 73.4 Å². The van der Waals surface area contributed by atoms with Gasteiger partial charge in [-0.25, -0.2) is 4.98 Å². The highest BCUT2D eigenvalue weighted by Crippen LogP contribution is 2.42. The van der Waals surface area contributed by atoms with Crippen molar-refractivity contribution in [1.82, 2.24) is 10.3 Å². The number of nitrogens with zero attached hydrogens (tertiary/aromatic N) is 2. The molecule has 3 aliphatic heterocycles. The molecule has 0 saturated carbocycles. The minimum Gasteiger partial charge on any atom is -0.507 e. The molecule has 15 heteroatoms. The van der Waals surface area contributed by atoms with Gasteiger partial charge in [0.25, 0.3) is 5.91 Å². The number of fused-ring (bicyclic) bond motifs is 5. The van der Waals surface area contributed by atoms with Crippen molar-refractivity contribution in [2.45, 2.75) is 97.4 Å². The summed E-state index contributed by atoms with van der Waals surface area (Å²) in [7, 11) is 3.39. The van der Waals surface area contributed by atoms with Crippen molar-refractivity contribution < 1.29 is 43.8 Å². The molecule has 6 N–H and O–H groups in total. The predicted octanol–water partition coefficient (Wildman–Crippen LogP) is 4.96. The molecule has 7 atom stereocenters. The fourth-order valence-corrected chi connectivity index (χ4v) is 8.87. The summed E-state index contributed by atoms with van der Waals surface area (Å²) in [6.07, 6.45) is 7.89. The van der Waals surface area contributed by atoms with Gasteiger partial charge in [-0.2, -0.15) is 0 Å². The maximum absolute atomic E-state index is 14.8. The van der Waals surface area contributed by atoms with Crippen molar-refractivity contribution in [3.63, 3.8) is 0 Å². The van der Waals surface area contributed by atoms with Crippen molar-refractivity contribution in [3.05, 3.63) is 79.5 Å². The highest BCUT2D eigenvalue weighted by atomic mass is 16.7. The van der Waals surface area contributed by atoms with E-state index < -0.39 is 58.3 Å². The van der Waals surface area contributed by atoms with Gasteiger partial charge < -0.3 is 54.6 Å². The smallest absolute Gasteiger partial charge is 0.307 e. The zero-order chi connectivity index (χ0) is 44.1. The van der Waals surface area contributed by atoms with Gasteiger partial charge in [-0.1, -0.05) is 39.0 Å². The largest absolute Gasteiger partial charge is 0.507 e. The average molecular weight is 841 g/mol. The number of hydrogen-bond donors (Lipinski definition) is 6. The van der Waals surface area contributed by atoms with Crippen LogP contribution in [-0.2, 0) is 14.3 Å². The van der Waals surface area contributed by atoms with E-state index in [1.165, 1.54) is 39.4 Å². The molecule has 1 fully saturated rings. The first-order chi connectivity index (χ1) is 29.0. The summed E-state index contributed by atoms with van der Waals surface area (Å²) in [5.74, 6) is -4.07. The number of aliphatic hydroxyl groups is 3. The van der Waals surface area contributed by atoms with Crippen molar-refractivity contribution in [1.29, 1.82) is 0 Å². The lowest BCUT2D eigenvalue weighted by Crippen LogP contribution is -2.41. The Morgan fingerprint density at radius 1 is 1.00 bits per heavy atom. The third-order valence-electron chi connectivity index (χ3n) is 12.6. The number of aliphatic hydroxyl groups excluding tert-OH is 3. The summed E-state index contributed by atoms with van der Waals surface area (Å²) in [5.41, 5.74) is -0.929. The van der Waals surface area contributed by atoms with Gasteiger partial charge in [-0.15, -0.1) is 0 Å². The molecule has 1 amide bonds. The quantitative estimate of drug-likeness (QED) is 0.119. The molecular weight excluding hydrogens is 785 g/mol. The Morgan fingerprint density at radius 2 is 1.72 bits per heavy atom. The number of phenolic OH excluding ortho intramolecular Hbond substituents is 1. The molecule has 4 aromatic rings. The third kappa shape index (κ3) is 8.07. The van der Waals surface area contributed by atoms with Gasteiger partial charge in [-0.05, 0) is 64.5 Å². The number of hydrogen-bond acceptors (Lipinski definition) is 14. The highest BCUT2D eigenvalue weighted by molar-refractivity contribution is 6.16.